The summed E-state index contributed by atoms with van der Waals surface area (Å²) in [4.78, 5) is 7.37. The van der Waals surface area contributed by atoms with E-state index in [0.717, 1.165) is 22.0 Å². The number of rotatable bonds is 4. The van der Waals surface area contributed by atoms with Crippen LogP contribution in [0.25, 0.3) is 11.3 Å². The van der Waals surface area contributed by atoms with Crippen LogP contribution < -0.4 is 4.90 Å². The first-order valence-corrected chi connectivity index (χ1v) is 12.9. The first kappa shape index (κ1) is 22.0. The number of anilines is 1. The molecule has 5 nitrogen and oxygen atoms in total. The average molecular weight is 456 g/mol. The predicted molar refractivity (Wildman–Crippen MR) is 128 cm³/mol. The minimum atomic E-state index is -3.48. The number of hydrogen-bond donors (Lipinski definition) is 0. The summed E-state index contributed by atoms with van der Waals surface area (Å²) in [7, 11) is -3.48. The number of aryl methyl sites for hydroxylation is 1. The van der Waals surface area contributed by atoms with Crippen molar-refractivity contribution in [3.8, 4) is 11.3 Å². The minimum Gasteiger partial charge on any atom is -0.345 e. The zero-order valence-corrected chi connectivity index (χ0v) is 20.1. The molecule has 31 heavy (non-hydrogen) atoms. The van der Waals surface area contributed by atoms with Crippen molar-refractivity contribution in [1.29, 1.82) is 0 Å². The van der Waals surface area contributed by atoms with Crippen LogP contribution in [0.1, 0.15) is 31.9 Å². The molecule has 1 aliphatic heterocycles. The molecule has 0 spiro atoms. The molecule has 164 valence electrons. The minimum absolute atomic E-state index is 0.00122. The van der Waals surface area contributed by atoms with Crippen LogP contribution >= 0.6 is 11.3 Å². The van der Waals surface area contributed by atoms with E-state index in [0.29, 0.717) is 31.1 Å². The quantitative estimate of drug-likeness (QED) is 0.560. The molecular formula is C24H29N3O2S2. The van der Waals surface area contributed by atoms with E-state index in [-0.39, 0.29) is 5.41 Å². The Morgan fingerprint density at radius 3 is 2.19 bits per heavy atom. The zero-order chi connectivity index (χ0) is 22.2. The number of aromatic nitrogens is 1. The van der Waals surface area contributed by atoms with Crippen LogP contribution in [0.15, 0.2) is 58.8 Å². The van der Waals surface area contributed by atoms with Gasteiger partial charge >= 0.3 is 0 Å². The Hall–Kier alpha value is -2.22. The largest absolute Gasteiger partial charge is 0.345 e. The Kier molecular flexibility index (Phi) is 5.94. The second-order valence-electron chi connectivity index (χ2n) is 9.00. The third-order valence-corrected chi connectivity index (χ3v) is 8.59. The van der Waals surface area contributed by atoms with Gasteiger partial charge in [-0.2, -0.15) is 4.31 Å². The van der Waals surface area contributed by atoms with Gasteiger partial charge in [0.25, 0.3) is 0 Å². The third kappa shape index (κ3) is 4.54. The summed E-state index contributed by atoms with van der Waals surface area (Å²) in [6.07, 6.45) is 0. The molecule has 7 heteroatoms. The topological polar surface area (TPSA) is 53.5 Å². The maximum atomic E-state index is 13.1. The van der Waals surface area contributed by atoms with Crippen LogP contribution in [0.5, 0.6) is 0 Å². The Morgan fingerprint density at radius 1 is 0.935 bits per heavy atom. The van der Waals surface area contributed by atoms with Crippen LogP contribution in [0.3, 0.4) is 0 Å². The monoisotopic (exact) mass is 455 g/mol. The second-order valence-corrected chi connectivity index (χ2v) is 11.8. The normalized spacial score (nSPS) is 15.9. The lowest BCUT2D eigenvalue weighted by molar-refractivity contribution is 0.384. The first-order chi connectivity index (χ1) is 14.7. The van der Waals surface area contributed by atoms with Gasteiger partial charge in [-0.3, -0.25) is 0 Å². The molecule has 0 amide bonds. The van der Waals surface area contributed by atoms with Gasteiger partial charge in [0.1, 0.15) is 0 Å². The lowest BCUT2D eigenvalue weighted by Gasteiger charge is -2.33. The summed E-state index contributed by atoms with van der Waals surface area (Å²) < 4.78 is 27.8. The zero-order valence-electron chi connectivity index (χ0n) is 18.5. The van der Waals surface area contributed by atoms with Crippen molar-refractivity contribution < 1.29 is 8.42 Å². The van der Waals surface area contributed by atoms with Gasteiger partial charge in [-0.15, -0.1) is 11.3 Å². The molecule has 0 aliphatic carbocycles. The molecule has 0 bridgehead atoms. The lowest BCUT2D eigenvalue weighted by Crippen LogP contribution is -2.48. The SMILES string of the molecule is Cc1ccccc1-c1csc(N2CCN(S(=O)(=O)c3ccc(C(C)(C)C)cc3)CC2)n1. The van der Waals surface area contributed by atoms with E-state index >= 15 is 0 Å². The summed E-state index contributed by atoms with van der Waals surface area (Å²) in [5, 5.41) is 3.03. The molecule has 0 atom stereocenters. The van der Waals surface area contributed by atoms with Crippen molar-refractivity contribution in [1.82, 2.24) is 9.29 Å². The molecule has 2 heterocycles. The van der Waals surface area contributed by atoms with Crippen LogP contribution in [-0.2, 0) is 15.4 Å². The average Bonchev–Trinajstić information content (AvgIpc) is 3.24. The molecule has 0 unspecified atom stereocenters. The first-order valence-electron chi connectivity index (χ1n) is 10.5. The van der Waals surface area contributed by atoms with E-state index in [9.17, 15) is 8.42 Å². The van der Waals surface area contributed by atoms with Gasteiger partial charge in [0, 0.05) is 37.1 Å². The van der Waals surface area contributed by atoms with Gasteiger partial charge in [0.05, 0.1) is 10.6 Å². The van der Waals surface area contributed by atoms with Gasteiger partial charge in [-0.05, 0) is 35.6 Å². The number of nitrogens with zero attached hydrogens (tertiary/aromatic N) is 3. The fourth-order valence-corrected chi connectivity index (χ4v) is 6.09. The summed E-state index contributed by atoms with van der Waals surface area (Å²) in [6.45, 7) is 10.7. The van der Waals surface area contributed by atoms with Gasteiger partial charge in [-0.1, -0.05) is 57.2 Å². The lowest BCUT2D eigenvalue weighted by atomic mass is 9.87. The summed E-state index contributed by atoms with van der Waals surface area (Å²) in [5.74, 6) is 0. The number of benzene rings is 2. The van der Waals surface area contributed by atoms with E-state index in [1.54, 1.807) is 27.8 Å². The molecule has 1 aliphatic rings. The fraction of sp³-hybridized carbons (Fsp3) is 0.375. The Labute approximate surface area is 189 Å². The molecule has 0 saturated carbocycles. The summed E-state index contributed by atoms with van der Waals surface area (Å²) in [5.41, 5.74) is 4.45. The van der Waals surface area contributed by atoms with Gasteiger partial charge in [0.15, 0.2) is 5.13 Å². The van der Waals surface area contributed by atoms with E-state index in [1.165, 1.54) is 5.56 Å². The molecule has 4 rings (SSSR count). The smallest absolute Gasteiger partial charge is 0.243 e. The molecule has 1 fully saturated rings. The van der Waals surface area contributed by atoms with Crippen molar-refractivity contribution in [2.45, 2.75) is 38.0 Å². The van der Waals surface area contributed by atoms with E-state index in [2.05, 4.69) is 50.1 Å². The molecule has 2 aromatic carbocycles. The summed E-state index contributed by atoms with van der Waals surface area (Å²) in [6, 6.07) is 15.5. The second kappa shape index (κ2) is 8.37. The van der Waals surface area contributed by atoms with E-state index in [1.807, 2.05) is 24.3 Å². The molecule has 0 N–H and O–H groups in total. The molecule has 3 aromatic rings. The molecule has 1 saturated heterocycles. The Balaban J connectivity index is 1.44. The van der Waals surface area contributed by atoms with Crippen LogP contribution in [0, 0.1) is 6.92 Å². The van der Waals surface area contributed by atoms with Crippen molar-refractivity contribution in [2.75, 3.05) is 31.1 Å². The van der Waals surface area contributed by atoms with E-state index in [4.69, 9.17) is 4.98 Å². The molecule has 1 aromatic heterocycles. The highest BCUT2D eigenvalue weighted by Gasteiger charge is 2.29. The Morgan fingerprint density at radius 2 is 1.58 bits per heavy atom. The van der Waals surface area contributed by atoms with Crippen LogP contribution in [0.2, 0.25) is 0 Å². The number of sulfonamides is 1. The number of piperazine rings is 1. The van der Waals surface area contributed by atoms with Crippen molar-refractivity contribution >= 4 is 26.5 Å². The molecule has 0 radical (unpaired) electrons. The van der Waals surface area contributed by atoms with Crippen molar-refractivity contribution in [2.24, 2.45) is 0 Å². The highest BCUT2D eigenvalue weighted by atomic mass is 32.2. The van der Waals surface area contributed by atoms with Crippen molar-refractivity contribution in [3.63, 3.8) is 0 Å². The fourth-order valence-electron chi connectivity index (χ4n) is 3.79. The van der Waals surface area contributed by atoms with E-state index < -0.39 is 10.0 Å². The van der Waals surface area contributed by atoms with Gasteiger partial charge in [0.2, 0.25) is 10.0 Å². The maximum Gasteiger partial charge on any atom is 0.243 e. The highest BCUT2D eigenvalue weighted by molar-refractivity contribution is 7.89. The summed E-state index contributed by atoms with van der Waals surface area (Å²) >= 11 is 1.62. The molecular weight excluding hydrogens is 426 g/mol. The number of hydrogen-bond acceptors (Lipinski definition) is 5. The van der Waals surface area contributed by atoms with Crippen LogP contribution in [-0.4, -0.2) is 43.9 Å². The Bertz CT molecular complexity index is 1150. The maximum absolute atomic E-state index is 13.1. The predicted octanol–water partition coefficient (Wildman–Crippen LogP) is 4.93. The van der Waals surface area contributed by atoms with Gasteiger partial charge in [-0.25, -0.2) is 13.4 Å². The van der Waals surface area contributed by atoms with Gasteiger partial charge < -0.3 is 4.90 Å². The highest BCUT2D eigenvalue weighted by Crippen LogP contribution is 2.31. The standard InChI is InChI=1S/C24H29N3O2S2/c1-18-7-5-6-8-21(18)22-17-30-23(25-22)26-13-15-27(16-14-26)31(28,29)20-11-9-19(10-12-20)24(2,3)4/h5-12,17H,13-16H2,1-4H3. The number of thiazole rings is 1. The van der Waals surface area contributed by atoms with Crippen LogP contribution in [0.4, 0.5) is 5.13 Å². The van der Waals surface area contributed by atoms with Crippen molar-refractivity contribution in [3.05, 3.63) is 65.0 Å². The third-order valence-electron chi connectivity index (χ3n) is 5.78.